The molecule has 0 aliphatic carbocycles. The first-order valence-corrected chi connectivity index (χ1v) is 13.1. The first kappa shape index (κ1) is 36.5. The summed E-state index contributed by atoms with van der Waals surface area (Å²) in [6.07, 6.45) is -0.952. The minimum atomic E-state index is -0.499. The molecule has 0 spiro atoms. The van der Waals surface area contributed by atoms with Gasteiger partial charge in [0.05, 0.1) is 13.2 Å². The van der Waals surface area contributed by atoms with Gasteiger partial charge >= 0.3 is 12.2 Å². The Morgan fingerprint density at radius 3 is 1.67 bits per heavy atom. The molecule has 39 heavy (non-hydrogen) atoms. The fourth-order valence-corrected chi connectivity index (χ4v) is 3.19. The zero-order chi connectivity index (χ0) is 30.2. The van der Waals surface area contributed by atoms with E-state index in [2.05, 4.69) is 20.6 Å². The molecule has 2 aromatic rings. The lowest BCUT2D eigenvalue weighted by Crippen LogP contribution is -2.34. The average molecular weight is 610 g/mol. The molecule has 2 heterocycles. The van der Waals surface area contributed by atoms with Crippen molar-refractivity contribution in [1.82, 2.24) is 20.6 Å². The molecule has 0 aliphatic rings. The van der Waals surface area contributed by atoms with E-state index in [4.69, 9.17) is 54.1 Å². The van der Waals surface area contributed by atoms with Crippen molar-refractivity contribution in [2.75, 3.05) is 26.3 Å². The molecule has 0 bridgehead atoms. The average Bonchev–Trinajstić information content (AvgIpc) is 2.72. The molecule has 0 saturated carbocycles. The molecule has 2 aromatic heterocycles. The third-order valence-electron chi connectivity index (χ3n) is 3.60. The van der Waals surface area contributed by atoms with Crippen LogP contribution in [0, 0.1) is 13.8 Å². The standard InChI is InChI=1S/C13H19ClN2O3.C7H15NO3.C6H5Cl2N/c1-9-7-10(8-11(14)16-9)18-6-5-15-12(17)19-13(2,3)4;1-7(2,3)11-6(10)8-4-5-9;1-4-2-5(7)3-6(8)9-4/h7-8H,5-6H2,1-4H3,(H,15,17);9H,4-5H2,1-3H3,(H,8,10);2-3H,1H3. The monoisotopic (exact) mass is 608 g/mol. The number of pyridine rings is 2. The maximum absolute atomic E-state index is 11.4. The van der Waals surface area contributed by atoms with Crippen LogP contribution in [0.3, 0.4) is 0 Å². The Kier molecular flexibility index (Phi) is 16.8. The topological polar surface area (TPSA) is 132 Å². The lowest BCUT2D eigenvalue weighted by atomic mass is 10.2. The van der Waals surface area contributed by atoms with Crippen LogP contribution in [0.5, 0.6) is 5.75 Å². The van der Waals surface area contributed by atoms with Crippen molar-refractivity contribution in [2.45, 2.75) is 66.6 Å². The normalized spacial score (nSPS) is 10.7. The summed E-state index contributed by atoms with van der Waals surface area (Å²) in [5, 5.41) is 14.8. The van der Waals surface area contributed by atoms with Crippen molar-refractivity contribution in [3.8, 4) is 5.75 Å². The first-order chi connectivity index (χ1) is 17.9. The number of carbonyl (C=O) groups is 2. The van der Waals surface area contributed by atoms with Gasteiger partial charge in [0.2, 0.25) is 0 Å². The number of aliphatic hydroxyl groups excluding tert-OH is 1. The van der Waals surface area contributed by atoms with Crippen molar-refractivity contribution < 1.29 is 28.9 Å². The summed E-state index contributed by atoms with van der Waals surface area (Å²) in [7, 11) is 0. The maximum Gasteiger partial charge on any atom is 0.407 e. The predicted octanol–water partition coefficient (Wildman–Crippen LogP) is 6.15. The van der Waals surface area contributed by atoms with Crippen molar-refractivity contribution >= 4 is 47.0 Å². The number of hydrogen-bond acceptors (Lipinski definition) is 8. The molecular formula is C26H39Cl3N4O6. The second kappa shape index (κ2) is 17.9. The Bertz CT molecular complexity index is 973. The summed E-state index contributed by atoms with van der Waals surface area (Å²) in [5.41, 5.74) is 0.648. The number of nitrogens with zero attached hydrogens (tertiary/aromatic N) is 2. The van der Waals surface area contributed by atoms with Gasteiger partial charge in [-0.3, -0.25) is 0 Å². The van der Waals surface area contributed by atoms with E-state index in [1.54, 1.807) is 45.0 Å². The Labute approximate surface area is 245 Å². The van der Waals surface area contributed by atoms with Crippen molar-refractivity contribution in [3.05, 3.63) is 51.0 Å². The summed E-state index contributed by atoms with van der Waals surface area (Å²) in [4.78, 5) is 30.1. The fourth-order valence-electron chi connectivity index (χ4n) is 2.38. The van der Waals surface area contributed by atoms with E-state index in [0.717, 1.165) is 11.4 Å². The number of amides is 2. The van der Waals surface area contributed by atoms with E-state index in [1.165, 1.54) is 0 Å². The van der Waals surface area contributed by atoms with Gasteiger partial charge < -0.3 is 30.0 Å². The number of hydrogen-bond donors (Lipinski definition) is 3. The van der Waals surface area contributed by atoms with Gasteiger partial charge in [-0.15, -0.1) is 0 Å². The number of nitrogens with one attached hydrogen (secondary N) is 2. The number of aliphatic hydroxyl groups is 1. The Balaban J connectivity index is 0.000000611. The second-order valence-corrected chi connectivity index (χ2v) is 11.2. The van der Waals surface area contributed by atoms with Crippen molar-refractivity contribution in [2.24, 2.45) is 0 Å². The highest BCUT2D eigenvalue weighted by atomic mass is 35.5. The molecule has 0 unspecified atom stereocenters. The van der Waals surface area contributed by atoms with Gasteiger partial charge in [0, 0.05) is 35.1 Å². The molecule has 220 valence electrons. The van der Waals surface area contributed by atoms with Gasteiger partial charge in [-0.1, -0.05) is 34.8 Å². The van der Waals surface area contributed by atoms with E-state index < -0.39 is 23.4 Å². The summed E-state index contributed by atoms with van der Waals surface area (Å²) in [6.45, 7) is 15.3. The third kappa shape index (κ3) is 22.0. The number of halogens is 3. The van der Waals surface area contributed by atoms with Gasteiger partial charge in [-0.05, 0) is 67.5 Å². The number of carbonyl (C=O) groups excluding carboxylic acids is 2. The van der Waals surface area contributed by atoms with E-state index >= 15 is 0 Å². The summed E-state index contributed by atoms with van der Waals surface area (Å²) in [5.74, 6) is 0.628. The van der Waals surface area contributed by atoms with Crippen LogP contribution < -0.4 is 15.4 Å². The highest BCUT2D eigenvalue weighted by Crippen LogP contribution is 2.17. The van der Waals surface area contributed by atoms with Gasteiger partial charge in [-0.2, -0.15) is 0 Å². The minimum absolute atomic E-state index is 0.0702. The zero-order valence-corrected chi connectivity index (χ0v) is 25.9. The van der Waals surface area contributed by atoms with Crippen LogP contribution in [-0.4, -0.2) is 64.8 Å². The molecule has 0 radical (unpaired) electrons. The number of rotatable bonds is 6. The fraction of sp³-hybridized carbons (Fsp3) is 0.538. The lowest BCUT2D eigenvalue weighted by Gasteiger charge is -2.19. The van der Waals surface area contributed by atoms with Crippen LogP contribution in [0.1, 0.15) is 52.9 Å². The predicted molar refractivity (Wildman–Crippen MR) is 154 cm³/mol. The highest BCUT2D eigenvalue weighted by molar-refractivity contribution is 6.33. The summed E-state index contributed by atoms with van der Waals surface area (Å²) < 4.78 is 15.4. The molecule has 0 aliphatic heterocycles. The van der Waals surface area contributed by atoms with Crippen LogP contribution in [-0.2, 0) is 9.47 Å². The Hall–Kier alpha value is -2.53. The van der Waals surface area contributed by atoms with Gasteiger partial charge in [0.1, 0.15) is 33.9 Å². The van der Waals surface area contributed by atoms with E-state index in [9.17, 15) is 9.59 Å². The van der Waals surface area contributed by atoms with E-state index in [0.29, 0.717) is 34.2 Å². The van der Waals surface area contributed by atoms with Crippen LogP contribution in [0.2, 0.25) is 15.3 Å². The Morgan fingerprint density at radius 2 is 1.26 bits per heavy atom. The van der Waals surface area contributed by atoms with Crippen molar-refractivity contribution in [1.29, 1.82) is 0 Å². The molecule has 0 saturated heterocycles. The second-order valence-electron chi connectivity index (χ2n) is 9.95. The maximum atomic E-state index is 11.4. The number of ether oxygens (including phenoxy) is 3. The largest absolute Gasteiger partial charge is 0.492 e. The summed E-state index contributed by atoms with van der Waals surface area (Å²) in [6, 6.07) is 6.77. The van der Waals surface area contributed by atoms with Crippen LogP contribution >= 0.6 is 34.8 Å². The SMILES string of the molecule is CC(C)(C)OC(=O)NCCO.Cc1cc(Cl)cc(Cl)n1.Cc1cc(OCCNC(=O)OC(C)(C)C)cc(Cl)n1. The number of aromatic nitrogens is 2. The van der Waals surface area contributed by atoms with E-state index in [1.807, 2.05) is 34.6 Å². The molecule has 2 rings (SSSR count). The third-order valence-corrected chi connectivity index (χ3v) is 4.21. The number of aryl methyl sites for hydroxylation is 2. The van der Waals surface area contributed by atoms with E-state index in [-0.39, 0.29) is 13.2 Å². The van der Waals surface area contributed by atoms with Crippen LogP contribution in [0.4, 0.5) is 9.59 Å². The molecule has 0 atom stereocenters. The van der Waals surface area contributed by atoms with Crippen molar-refractivity contribution in [3.63, 3.8) is 0 Å². The smallest absolute Gasteiger partial charge is 0.407 e. The molecule has 0 fully saturated rings. The van der Waals surface area contributed by atoms with Gasteiger partial charge in [-0.25, -0.2) is 19.6 Å². The van der Waals surface area contributed by atoms with Gasteiger partial charge in [0.25, 0.3) is 0 Å². The van der Waals surface area contributed by atoms with Crippen LogP contribution in [0.25, 0.3) is 0 Å². The zero-order valence-electron chi connectivity index (χ0n) is 23.7. The first-order valence-electron chi connectivity index (χ1n) is 12.0. The number of alkyl carbamates (subject to hydrolysis) is 2. The quantitative estimate of drug-likeness (QED) is 0.263. The lowest BCUT2D eigenvalue weighted by molar-refractivity contribution is 0.0508. The highest BCUT2D eigenvalue weighted by Gasteiger charge is 2.16. The van der Waals surface area contributed by atoms with Crippen LogP contribution in [0.15, 0.2) is 24.3 Å². The molecule has 10 nitrogen and oxygen atoms in total. The molecule has 3 N–H and O–H groups in total. The minimum Gasteiger partial charge on any atom is -0.492 e. The molecule has 2 amide bonds. The molecule has 13 heteroatoms. The van der Waals surface area contributed by atoms with Gasteiger partial charge in [0.15, 0.2) is 0 Å². The molecular weight excluding hydrogens is 571 g/mol. The molecule has 0 aromatic carbocycles. The summed E-state index contributed by atoms with van der Waals surface area (Å²) >= 11 is 17.0. The Morgan fingerprint density at radius 1 is 0.795 bits per heavy atom.